The number of nitrogens with two attached hydrogens (primary N) is 1. The third kappa shape index (κ3) is 3.57. The van der Waals surface area contributed by atoms with Crippen molar-refractivity contribution < 1.29 is 9.47 Å². The first-order valence-electron chi connectivity index (χ1n) is 4.54. The fraction of sp³-hybridized carbons (Fsp3) is 0.556. The zero-order valence-corrected chi connectivity index (χ0v) is 8.43. The second kappa shape index (κ2) is 5.39. The van der Waals surface area contributed by atoms with Crippen LogP contribution < -0.4 is 15.2 Å². The number of rotatable bonds is 5. The van der Waals surface area contributed by atoms with Crippen molar-refractivity contribution in [3.8, 4) is 11.8 Å². The molecule has 1 aromatic rings. The smallest absolute Gasteiger partial charge is 0.235 e. The predicted octanol–water partition coefficient (Wildman–Crippen LogP) is 0.601. The summed E-state index contributed by atoms with van der Waals surface area (Å²) in [5.74, 6) is 0.906. The van der Waals surface area contributed by atoms with Crippen LogP contribution in [0.4, 0.5) is 0 Å². The highest BCUT2D eigenvalue weighted by Crippen LogP contribution is 2.11. The van der Waals surface area contributed by atoms with Gasteiger partial charge in [-0.2, -0.15) is 4.98 Å². The quantitative estimate of drug-likeness (QED) is 0.748. The summed E-state index contributed by atoms with van der Waals surface area (Å²) in [4.78, 5) is 8.03. The van der Waals surface area contributed by atoms with Crippen LogP contribution in [0.15, 0.2) is 12.4 Å². The van der Waals surface area contributed by atoms with Gasteiger partial charge in [-0.15, -0.1) is 0 Å². The minimum atomic E-state index is 0.0778. The van der Waals surface area contributed by atoms with Gasteiger partial charge in [-0.3, -0.25) is 4.98 Å². The summed E-state index contributed by atoms with van der Waals surface area (Å²) in [6, 6.07) is 0. The maximum Gasteiger partial charge on any atom is 0.235 e. The Morgan fingerprint density at radius 2 is 2.07 bits per heavy atom. The standard InChI is InChI=1S/C9H15N3O2/c1-7(2)14-9-6-11-5-8(12-9)13-4-3-10/h5-7H,3-4,10H2,1-2H3. The maximum absolute atomic E-state index is 5.35. The summed E-state index contributed by atoms with van der Waals surface area (Å²) >= 11 is 0. The van der Waals surface area contributed by atoms with Crippen molar-refractivity contribution in [2.45, 2.75) is 20.0 Å². The number of hydrogen-bond acceptors (Lipinski definition) is 5. The molecule has 2 N–H and O–H groups in total. The lowest BCUT2D eigenvalue weighted by Gasteiger charge is -2.09. The first kappa shape index (κ1) is 10.7. The molecule has 78 valence electrons. The second-order valence-electron chi connectivity index (χ2n) is 3.00. The van der Waals surface area contributed by atoms with Crippen LogP contribution in [0.3, 0.4) is 0 Å². The van der Waals surface area contributed by atoms with E-state index in [-0.39, 0.29) is 6.10 Å². The van der Waals surface area contributed by atoms with E-state index in [9.17, 15) is 0 Å². The van der Waals surface area contributed by atoms with Crippen LogP contribution in [0, 0.1) is 0 Å². The molecule has 0 aliphatic heterocycles. The van der Waals surface area contributed by atoms with Gasteiger partial charge in [-0.05, 0) is 13.8 Å². The van der Waals surface area contributed by atoms with Gasteiger partial charge in [0, 0.05) is 6.54 Å². The van der Waals surface area contributed by atoms with E-state index in [1.165, 1.54) is 6.20 Å². The molecule has 0 spiro atoms. The molecule has 5 heteroatoms. The minimum absolute atomic E-state index is 0.0778. The van der Waals surface area contributed by atoms with Crippen LogP contribution in [-0.4, -0.2) is 29.2 Å². The largest absolute Gasteiger partial charge is 0.475 e. The van der Waals surface area contributed by atoms with E-state index in [1.54, 1.807) is 6.20 Å². The van der Waals surface area contributed by atoms with Gasteiger partial charge in [0.05, 0.1) is 18.5 Å². The molecule has 0 aliphatic rings. The van der Waals surface area contributed by atoms with Crippen LogP contribution in [0.1, 0.15) is 13.8 Å². The van der Waals surface area contributed by atoms with Gasteiger partial charge < -0.3 is 15.2 Å². The van der Waals surface area contributed by atoms with Crippen molar-refractivity contribution in [3.05, 3.63) is 12.4 Å². The van der Waals surface area contributed by atoms with Crippen molar-refractivity contribution in [1.82, 2.24) is 9.97 Å². The van der Waals surface area contributed by atoms with E-state index >= 15 is 0 Å². The Morgan fingerprint density at radius 1 is 1.36 bits per heavy atom. The molecular weight excluding hydrogens is 182 g/mol. The Hall–Kier alpha value is -1.36. The zero-order chi connectivity index (χ0) is 10.4. The maximum atomic E-state index is 5.35. The first-order chi connectivity index (χ1) is 6.72. The van der Waals surface area contributed by atoms with Crippen LogP contribution in [0.5, 0.6) is 11.8 Å². The highest BCUT2D eigenvalue weighted by Gasteiger charge is 2.01. The zero-order valence-electron chi connectivity index (χ0n) is 8.43. The number of nitrogens with zero attached hydrogens (tertiary/aromatic N) is 2. The monoisotopic (exact) mass is 197 g/mol. The van der Waals surface area contributed by atoms with Gasteiger partial charge in [0.2, 0.25) is 11.8 Å². The molecule has 0 amide bonds. The second-order valence-corrected chi connectivity index (χ2v) is 3.00. The topological polar surface area (TPSA) is 70.3 Å². The lowest BCUT2D eigenvalue weighted by Crippen LogP contribution is -2.12. The Morgan fingerprint density at radius 3 is 2.71 bits per heavy atom. The fourth-order valence-corrected chi connectivity index (χ4v) is 0.862. The van der Waals surface area contributed by atoms with Gasteiger partial charge in [0.25, 0.3) is 0 Å². The van der Waals surface area contributed by atoms with E-state index in [1.807, 2.05) is 13.8 Å². The van der Waals surface area contributed by atoms with Crippen LogP contribution in [-0.2, 0) is 0 Å². The van der Waals surface area contributed by atoms with Crippen molar-refractivity contribution in [3.63, 3.8) is 0 Å². The first-order valence-corrected chi connectivity index (χ1v) is 4.54. The number of ether oxygens (including phenoxy) is 2. The molecule has 0 fully saturated rings. The molecule has 0 saturated heterocycles. The molecule has 5 nitrogen and oxygen atoms in total. The van der Waals surface area contributed by atoms with Gasteiger partial charge >= 0.3 is 0 Å². The summed E-state index contributed by atoms with van der Waals surface area (Å²) in [5, 5.41) is 0. The fourth-order valence-electron chi connectivity index (χ4n) is 0.862. The van der Waals surface area contributed by atoms with Gasteiger partial charge in [-0.25, -0.2) is 0 Å². The summed E-state index contributed by atoms with van der Waals surface area (Å²) in [6.45, 7) is 4.74. The molecule has 0 unspecified atom stereocenters. The minimum Gasteiger partial charge on any atom is -0.475 e. The van der Waals surface area contributed by atoms with E-state index < -0.39 is 0 Å². The molecule has 0 aliphatic carbocycles. The molecule has 1 heterocycles. The highest BCUT2D eigenvalue weighted by molar-refractivity contribution is 5.12. The van der Waals surface area contributed by atoms with E-state index in [2.05, 4.69) is 9.97 Å². The third-order valence-electron chi connectivity index (χ3n) is 1.31. The van der Waals surface area contributed by atoms with Gasteiger partial charge in [-0.1, -0.05) is 0 Å². The Bertz CT molecular complexity index is 279. The third-order valence-corrected chi connectivity index (χ3v) is 1.31. The Labute approximate surface area is 83.3 Å². The van der Waals surface area contributed by atoms with Crippen molar-refractivity contribution in [2.75, 3.05) is 13.2 Å². The highest BCUT2D eigenvalue weighted by atomic mass is 16.5. The SMILES string of the molecule is CC(C)Oc1cncc(OCCN)n1. The van der Waals surface area contributed by atoms with Crippen molar-refractivity contribution in [2.24, 2.45) is 5.73 Å². The van der Waals surface area contributed by atoms with E-state index in [4.69, 9.17) is 15.2 Å². The molecule has 0 radical (unpaired) electrons. The molecular formula is C9H15N3O2. The molecule has 14 heavy (non-hydrogen) atoms. The molecule has 0 saturated carbocycles. The number of aromatic nitrogens is 2. The van der Waals surface area contributed by atoms with Crippen LogP contribution >= 0.6 is 0 Å². The van der Waals surface area contributed by atoms with Crippen LogP contribution in [0.25, 0.3) is 0 Å². The molecule has 0 bridgehead atoms. The Kier molecular flexibility index (Phi) is 4.12. The average molecular weight is 197 g/mol. The van der Waals surface area contributed by atoms with Crippen molar-refractivity contribution >= 4 is 0 Å². The summed E-state index contributed by atoms with van der Waals surface area (Å²) in [5.41, 5.74) is 5.29. The normalized spacial score (nSPS) is 10.3. The number of hydrogen-bond donors (Lipinski definition) is 1. The summed E-state index contributed by atoms with van der Waals surface area (Å²) in [6.07, 6.45) is 3.16. The molecule has 0 atom stereocenters. The lowest BCUT2D eigenvalue weighted by molar-refractivity contribution is 0.225. The van der Waals surface area contributed by atoms with E-state index in [0.717, 1.165) is 0 Å². The van der Waals surface area contributed by atoms with E-state index in [0.29, 0.717) is 24.9 Å². The summed E-state index contributed by atoms with van der Waals surface area (Å²) in [7, 11) is 0. The average Bonchev–Trinajstić information content (AvgIpc) is 2.14. The lowest BCUT2D eigenvalue weighted by atomic mass is 10.5. The summed E-state index contributed by atoms with van der Waals surface area (Å²) < 4.78 is 10.5. The van der Waals surface area contributed by atoms with Gasteiger partial charge in [0.1, 0.15) is 6.61 Å². The predicted molar refractivity (Wildman–Crippen MR) is 52.3 cm³/mol. The van der Waals surface area contributed by atoms with Crippen LogP contribution in [0.2, 0.25) is 0 Å². The van der Waals surface area contributed by atoms with Gasteiger partial charge in [0.15, 0.2) is 0 Å². The molecule has 0 aromatic carbocycles. The molecule has 1 rings (SSSR count). The van der Waals surface area contributed by atoms with Crippen molar-refractivity contribution in [1.29, 1.82) is 0 Å². The molecule has 1 aromatic heterocycles. The Balaban J connectivity index is 2.59.